The van der Waals surface area contributed by atoms with Crippen LogP contribution >= 0.6 is 11.6 Å². The van der Waals surface area contributed by atoms with Gasteiger partial charge in [0.2, 0.25) is 5.91 Å². The Kier molecular flexibility index (Phi) is 8.11. The van der Waals surface area contributed by atoms with E-state index in [0.29, 0.717) is 27.4 Å². The fraction of sp³-hybridized carbons (Fsp3) is 0.259. The SMILES string of the molecule is CNC(=O)C(C)NC(=O)c1c(C)cc(-c2cccc(NS(=O)(=O)c3cc(C)c(Cl)cc3C)c2)cc1C. The van der Waals surface area contributed by atoms with Crippen molar-refractivity contribution in [2.24, 2.45) is 0 Å². The largest absolute Gasteiger partial charge is 0.357 e. The number of carbonyl (C=O) groups is 2. The first-order chi connectivity index (χ1) is 16.8. The Balaban J connectivity index is 1.90. The van der Waals surface area contributed by atoms with Crippen molar-refractivity contribution >= 4 is 39.1 Å². The Labute approximate surface area is 217 Å². The number of anilines is 1. The topological polar surface area (TPSA) is 104 Å². The minimum atomic E-state index is -3.83. The molecule has 0 aliphatic heterocycles. The molecule has 3 aromatic rings. The Bertz CT molecular complexity index is 1430. The van der Waals surface area contributed by atoms with Crippen molar-refractivity contribution in [2.45, 2.75) is 45.6 Å². The van der Waals surface area contributed by atoms with Crippen LogP contribution in [0.4, 0.5) is 5.69 Å². The first-order valence-electron chi connectivity index (χ1n) is 11.4. The monoisotopic (exact) mass is 527 g/mol. The number of hydrogen-bond acceptors (Lipinski definition) is 4. The molecule has 1 atom stereocenters. The second-order valence-corrected chi connectivity index (χ2v) is 10.9. The Morgan fingerprint density at radius 3 is 2.11 bits per heavy atom. The minimum absolute atomic E-state index is 0.169. The number of carbonyl (C=O) groups excluding carboxylic acids is 2. The van der Waals surface area contributed by atoms with E-state index in [1.54, 1.807) is 51.1 Å². The van der Waals surface area contributed by atoms with Gasteiger partial charge in [-0.2, -0.15) is 0 Å². The van der Waals surface area contributed by atoms with Crippen LogP contribution in [-0.4, -0.2) is 33.3 Å². The van der Waals surface area contributed by atoms with Gasteiger partial charge in [-0.15, -0.1) is 0 Å². The third-order valence-corrected chi connectivity index (χ3v) is 7.87. The highest BCUT2D eigenvalue weighted by Crippen LogP contribution is 2.30. The first kappa shape index (κ1) is 27.2. The molecule has 9 heteroatoms. The van der Waals surface area contributed by atoms with Crippen molar-refractivity contribution < 1.29 is 18.0 Å². The van der Waals surface area contributed by atoms with Crippen LogP contribution in [-0.2, 0) is 14.8 Å². The number of rotatable bonds is 7. The number of benzene rings is 3. The average molecular weight is 528 g/mol. The maximum absolute atomic E-state index is 13.1. The molecule has 1 unspecified atom stereocenters. The van der Waals surface area contributed by atoms with Crippen LogP contribution in [0.3, 0.4) is 0 Å². The highest BCUT2D eigenvalue weighted by molar-refractivity contribution is 7.92. The number of sulfonamides is 1. The quantitative estimate of drug-likeness (QED) is 0.406. The van der Waals surface area contributed by atoms with Crippen molar-refractivity contribution in [3.63, 3.8) is 0 Å². The highest BCUT2D eigenvalue weighted by Gasteiger charge is 2.21. The lowest BCUT2D eigenvalue weighted by atomic mass is 9.95. The molecular weight excluding hydrogens is 498 g/mol. The molecule has 0 fully saturated rings. The lowest BCUT2D eigenvalue weighted by molar-refractivity contribution is -0.122. The molecule has 3 N–H and O–H groups in total. The first-order valence-corrected chi connectivity index (χ1v) is 13.2. The van der Waals surface area contributed by atoms with Crippen LogP contribution in [0.15, 0.2) is 53.4 Å². The van der Waals surface area contributed by atoms with Gasteiger partial charge >= 0.3 is 0 Å². The molecule has 0 bridgehead atoms. The van der Waals surface area contributed by atoms with E-state index in [1.165, 1.54) is 7.05 Å². The van der Waals surface area contributed by atoms with Gasteiger partial charge < -0.3 is 10.6 Å². The number of amides is 2. The molecule has 0 heterocycles. The third-order valence-electron chi connectivity index (χ3n) is 5.94. The summed E-state index contributed by atoms with van der Waals surface area (Å²) in [6.45, 7) is 8.74. The van der Waals surface area contributed by atoms with Crippen LogP contribution in [0.2, 0.25) is 5.02 Å². The highest BCUT2D eigenvalue weighted by atomic mass is 35.5. The lowest BCUT2D eigenvalue weighted by Crippen LogP contribution is -2.43. The van der Waals surface area contributed by atoms with Gasteiger partial charge in [0.15, 0.2) is 0 Å². The predicted molar refractivity (Wildman–Crippen MR) is 144 cm³/mol. The van der Waals surface area contributed by atoms with E-state index >= 15 is 0 Å². The van der Waals surface area contributed by atoms with Gasteiger partial charge in [-0.05, 0) is 92.3 Å². The zero-order valence-electron chi connectivity index (χ0n) is 21.1. The van der Waals surface area contributed by atoms with Gasteiger partial charge in [-0.1, -0.05) is 35.9 Å². The molecule has 0 radical (unpaired) electrons. The second kappa shape index (κ2) is 10.7. The van der Waals surface area contributed by atoms with Gasteiger partial charge in [0.05, 0.1) is 4.90 Å². The maximum Gasteiger partial charge on any atom is 0.262 e. The van der Waals surface area contributed by atoms with Crippen molar-refractivity contribution in [1.29, 1.82) is 0 Å². The van der Waals surface area contributed by atoms with Crippen LogP contribution in [0.5, 0.6) is 0 Å². The predicted octanol–water partition coefficient (Wildman–Crippen LogP) is 4.91. The minimum Gasteiger partial charge on any atom is -0.357 e. The van der Waals surface area contributed by atoms with E-state index in [9.17, 15) is 18.0 Å². The van der Waals surface area contributed by atoms with E-state index in [-0.39, 0.29) is 16.7 Å². The summed E-state index contributed by atoms with van der Waals surface area (Å²) in [6, 6.07) is 13.3. The van der Waals surface area contributed by atoms with Crippen LogP contribution in [0.25, 0.3) is 11.1 Å². The summed E-state index contributed by atoms with van der Waals surface area (Å²) < 4.78 is 28.8. The van der Waals surface area contributed by atoms with Crippen LogP contribution < -0.4 is 15.4 Å². The molecule has 0 saturated heterocycles. The maximum atomic E-state index is 13.1. The third kappa shape index (κ3) is 5.88. The second-order valence-electron chi connectivity index (χ2n) is 8.85. The fourth-order valence-corrected chi connectivity index (χ4v) is 5.64. The zero-order valence-corrected chi connectivity index (χ0v) is 22.7. The van der Waals surface area contributed by atoms with Gasteiger partial charge in [-0.25, -0.2) is 8.42 Å². The van der Waals surface area contributed by atoms with Gasteiger partial charge in [0.25, 0.3) is 15.9 Å². The van der Waals surface area contributed by atoms with Crippen LogP contribution in [0, 0.1) is 27.7 Å². The molecule has 0 spiro atoms. The van der Waals surface area contributed by atoms with Crippen molar-refractivity contribution in [3.05, 3.63) is 81.4 Å². The molecule has 190 valence electrons. The summed E-state index contributed by atoms with van der Waals surface area (Å²) in [5.74, 6) is -0.610. The van der Waals surface area contributed by atoms with Crippen LogP contribution in [0.1, 0.15) is 39.5 Å². The summed E-state index contributed by atoms with van der Waals surface area (Å²) >= 11 is 6.13. The van der Waals surface area contributed by atoms with E-state index in [1.807, 2.05) is 32.0 Å². The number of nitrogens with one attached hydrogen (secondary N) is 3. The number of hydrogen-bond donors (Lipinski definition) is 3. The van der Waals surface area contributed by atoms with Crippen molar-refractivity contribution in [1.82, 2.24) is 10.6 Å². The molecule has 36 heavy (non-hydrogen) atoms. The van der Waals surface area contributed by atoms with Gasteiger partial charge in [0.1, 0.15) is 6.04 Å². The molecule has 3 rings (SSSR count). The van der Waals surface area contributed by atoms with E-state index < -0.39 is 16.1 Å². The summed E-state index contributed by atoms with van der Waals surface area (Å²) in [6.07, 6.45) is 0. The lowest BCUT2D eigenvalue weighted by Gasteiger charge is -2.17. The van der Waals surface area contributed by atoms with Gasteiger partial charge in [0, 0.05) is 23.3 Å². The van der Waals surface area contributed by atoms with Crippen molar-refractivity contribution in [3.8, 4) is 11.1 Å². The normalized spacial score (nSPS) is 12.1. The van der Waals surface area contributed by atoms with E-state index in [2.05, 4.69) is 15.4 Å². The Morgan fingerprint density at radius 1 is 0.861 bits per heavy atom. The smallest absolute Gasteiger partial charge is 0.262 e. The molecule has 3 aromatic carbocycles. The number of aryl methyl sites for hydroxylation is 4. The summed E-state index contributed by atoms with van der Waals surface area (Å²) in [5, 5.41) is 5.74. The fourth-order valence-electron chi connectivity index (χ4n) is 4.06. The average Bonchev–Trinajstić information content (AvgIpc) is 2.80. The number of halogens is 1. The molecule has 0 saturated carbocycles. The molecule has 7 nitrogen and oxygen atoms in total. The van der Waals surface area contributed by atoms with E-state index in [4.69, 9.17) is 11.6 Å². The Morgan fingerprint density at radius 2 is 1.50 bits per heavy atom. The molecular formula is C27H30ClN3O4S. The number of likely N-dealkylation sites (N-methyl/N-ethyl adjacent to an activating group) is 1. The zero-order chi connectivity index (χ0) is 26.8. The summed E-state index contributed by atoms with van der Waals surface area (Å²) in [5.41, 5.74) is 5.25. The van der Waals surface area contributed by atoms with E-state index in [0.717, 1.165) is 22.3 Å². The standard InChI is InChI=1S/C27H30ClN3O4S/c1-15-13-24(16(2)12-23(15)28)36(34,35)31-22-9-7-8-20(14-22)21-10-17(3)25(18(4)11-21)27(33)30-19(5)26(32)29-6/h7-14,19,31H,1-6H3,(H,29,32)(H,30,33). The molecule has 2 amide bonds. The Hall–Kier alpha value is -3.36. The van der Waals surface area contributed by atoms with Crippen molar-refractivity contribution in [2.75, 3.05) is 11.8 Å². The molecule has 0 aliphatic rings. The summed E-state index contributed by atoms with van der Waals surface area (Å²) in [4.78, 5) is 24.8. The summed E-state index contributed by atoms with van der Waals surface area (Å²) in [7, 11) is -2.32. The molecule has 0 aliphatic carbocycles. The van der Waals surface area contributed by atoms with Gasteiger partial charge in [-0.3, -0.25) is 14.3 Å². The molecule has 0 aromatic heterocycles.